The summed E-state index contributed by atoms with van der Waals surface area (Å²) in [6, 6.07) is 11.0. The highest BCUT2D eigenvalue weighted by atomic mass is 32.2. The minimum atomic E-state index is -4.81. The summed E-state index contributed by atoms with van der Waals surface area (Å²) >= 11 is 1.16. The normalized spacial score (nSPS) is 11.7. The third kappa shape index (κ3) is 6.19. The quantitative estimate of drug-likeness (QED) is 0.574. The first-order valence-corrected chi connectivity index (χ1v) is 11.0. The predicted molar refractivity (Wildman–Crippen MR) is 107 cm³/mol. The van der Waals surface area contributed by atoms with Crippen molar-refractivity contribution in [1.82, 2.24) is 4.98 Å². The molecule has 30 heavy (non-hydrogen) atoms. The standard InChI is InChI=1S/C18H14F3N3O4S2/c1-30(26,27)24-13-6-2-11(3-7-13)15-10-29-17(22-15)23-16(25)12-4-8-14(9-5-12)28-18(19,20)21/h2-10,24H,1H3,(H,22,23,25). The predicted octanol–water partition coefficient (Wildman–Crippen LogP) is 4.33. The van der Waals surface area contributed by atoms with Gasteiger partial charge in [0.05, 0.1) is 11.9 Å². The lowest BCUT2D eigenvalue weighted by atomic mass is 10.1. The number of ether oxygens (including phenoxy) is 1. The fraction of sp³-hybridized carbons (Fsp3) is 0.111. The molecule has 1 heterocycles. The van der Waals surface area contributed by atoms with Gasteiger partial charge in [0.25, 0.3) is 5.91 Å². The number of hydrogen-bond acceptors (Lipinski definition) is 6. The summed E-state index contributed by atoms with van der Waals surface area (Å²) in [5, 5.41) is 4.57. The number of hydrogen-bond donors (Lipinski definition) is 2. The number of thiazole rings is 1. The lowest BCUT2D eigenvalue weighted by Gasteiger charge is -2.09. The topological polar surface area (TPSA) is 97.4 Å². The van der Waals surface area contributed by atoms with Crippen LogP contribution in [-0.2, 0) is 10.0 Å². The van der Waals surface area contributed by atoms with Gasteiger partial charge in [0.2, 0.25) is 10.0 Å². The Morgan fingerprint density at radius 2 is 1.70 bits per heavy atom. The third-order valence-corrected chi connectivity index (χ3v) is 4.92. The van der Waals surface area contributed by atoms with Crippen molar-refractivity contribution in [1.29, 1.82) is 0 Å². The molecule has 3 aromatic rings. The molecule has 0 spiro atoms. The van der Waals surface area contributed by atoms with E-state index in [2.05, 4.69) is 19.8 Å². The first kappa shape index (κ1) is 21.6. The number of nitrogens with one attached hydrogen (secondary N) is 2. The van der Waals surface area contributed by atoms with Gasteiger partial charge < -0.3 is 4.74 Å². The fourth-order valence-corrected chi connectivity index (χ4v) is 3.64. The third-order valence-electron chi connectivity index (χ3n) is 3.56. The lowest BCUT2D eigenvalue weighted by molar-refractivity contribution is -0.274. The molecule has 0 fully saturated rings. The molecule has 0 aliphatic rings. The molecule has 12 heteroatoms. The van der Waals surface area contributed by atoms with Gasteiger partial charge in [0.15, 0.2) is 5.13 Å². The molecular formula is C18H14F3N3O4S2. The van der Waals surface area contributed by atoms with Gasteiger partial charge in [-0.1, -0.05) is 12.1 Å². The minimum Gasteiger partial charge on any atom is -0.406 e. The molecule has 0 saturated heterocycles. The van der Waals surface area contributed by atoms with Gasteiger partial charge in [-0.05, 0) is 36.4 Å². The number of rotatable bonds is 6. The Morgan fingerprint density at radius 1 is 1.07 bits per heavy atom. The first-order valence-electron chi connectivity index (χ1n) is 8.19. The summed E-state index contributed by atoms with van der Waals surface area (Å²) in [5.41, 5.74) is 1.81. The van der Waals surface area contributed by atoms with E-state index in [1.807, 2.05) is 0 Å². The van der Waals surface area contributed by atoms with Crippen molar-refractivity contribution in [3.63, 3.8) is 0 Å². The van der Waals surface area contributed by atoms with Crippen LogP contribution in [0.3, 0.4) is 0 Å². The second kappa shape index (κ2) is 8.32. The zero-order chi connectivity index (χ0) is 21.9. The Bertz CT molecular complexity index is 1140. The van der Waals surface area contributed by atoms with Crippen molar-refractivity contribution in [2.24, 2.45) is 0 Å². The highest BCUT2D eigenvalue weighted by Gasteiger charge is 2.31. The molecule has 158 valence electrons. The summed E-state index contributed by atoms with van der Waals surface area (Å²) in [6.45, 7) is 0. The molecule has 0 atom stereocenters. The molecule has 0 unspecified atom stereocenters. The van der Waals surface area contributed by atoms with Gasteiger partial charge in [-0.25, -0.2) is 13.4 Å². The zero-order valence-electron chi connectivity index (χ0n) is 15.2. The van der Waals surface area contributed by atoms with Gasteiger partial charge in [-0.15, -0.1) is 24.5 Å². The molecule has 7 nitrogen and oxygen atoms in total. The van der Waals surface area contributed by atoms with Crippen LogP contribution in [0, 0.1) is 0 Å². The molecular weight excluding hydrogens is 443 g/mol. The van der Waals surface area contributed by atoms with Crippen molar-refractivity contribution in [3.8, 4) is 17.0 Å². The maximum atomic E-state index is 12.3. The smallest absolute Gasteiger partial charge is 0.406 e. The molecule has 0 saturated carbocycles. The van der Waals surface area contributed by atoms with Crippen LogP contribution in [0.15, 0.2) is 53.9 Å². The number of carbonyl (C=O) groups excluding carboxylic acids is 1. The van der Waals surface area contributed by atoms with Gasteiger partial charge in [-0.2, -0.15) is 0 Å². The Balaban J connectivity index is 1.66. The van der Waals surface area contributed by atoms with E-state index in [0.717, 1.165) is 29.7 Å². The van der Waals surface area contributed by atoms with Crippen LogP contribution < -0.4 is 14.8 Å². The summed E-state index contributed by atoms with van der Waals surface area (Å²) in [4.78, 5) is 16.6. The van der Waals surface area contributed by atoms with Crippen molar-refractivity contribution >= 4 is 38.1 Å². The Kier molecular flexibility index (Phi) is 5.99. The maximum absolute atomic E-state index is 12.3. The number of anilines is 2. The second-order valence-corrected chi connectivity index (χ2v) is 8.62. The monoisotopic (exact) mass is 457 g/mol. The van der Waals surface area contributed by atoms with Crippen LogP contribution in [0.5, 0.6) is 5.75 Å². The van der Waals surface area contributed by atoms with Crippen molar-refractivity contribution < 1.29 is 31.1 Å². The minimum absolute atomic E-state index is 0.137. The summed E-state index contributed by atoms with van der Waals surface area (Å²) in [5.74, 6) is -0.966. The number of aromatic nitrogens is 1. The molecule has 0 aliphatic carbocycles. The van der Waals surface area contributed by atoms with Crippen molar-refractivity contribution in [2.45, 2.75) is 6.36 Å². The van der Waals surface area contributed by atoms with E-state index < -0.39 is 28.0 Å². The van der Waals surface area contributed by atoms with E-state index >= 15 is 0 Å². The zero-order valence-corrected chi connectivity index (χ0v) is 16.9. The highest BCUT2D eigenvalue weighted by Crippen LogP contribution is 2.27. The number of carbonyl (C=O) groups is 1. The van der Waals surface area contributed by atoms with E-state index in [1.165, 1.54) is 12.1 Å². The average Bonchev–Trinajstić information content (AvgIpc) is 3.08. The molecule has 2 N–H and O–H groups in total. The number of benzene rings is 2. The first-order chi connectivity index (χ1) is 14.0. The number of alkyl halides is 3. The van der Waals surface area contributed by atoms with E-state index in [4.69, 9.17) is 0 Å². The molecule has 1 aromatic heterocycles. The fourth-order valence-electron chi connectivity index (χ4n) is 2.36. The molecule has 3 rings (SSSR count). The molecule has 0 aliphatic heterocycles. The highest BCUT2D eigenvalue weighted by molar-refractivity contribution is 7.92. The molecule has 2 aromatic carbocycles. The van der Waals surface area contributed by atoms with Crippen LogP contribution in [0.4, 0.5) is 24.0 Å². The maximum Gasteiger partial charge on any atom is 0.573 e. The van der Waals surface area contributed by atoms with Crippen molar-refractivity contribution in [3.05, 3.63) is 59.5 Å². The number of sulfonamides is 1. The van der Waals surface area contributed by atoms with Gasteiger partial charge in [0, 0.05) is 22.2 Å². The molecule has 0 bridgehead atoms. The largest absolute Gasteiger partial charge is 0.573 e. The Labute approximate surface area is 173 Å². The van der Waals surface area contributed by atoms with Gasteiger partial charge in [0.1, 0.15) is 5.75 Å². The van der Waals surface area contributed by atoms with E-state index in [1.54, 1.807) is 29.6 Å². The average molecular weight is 457 g/mol. The van der Waals surface area contributed by atoms with Crippen LogP contribution in [0.2, 0.25) is 0 Å². The molecule has 1 amide bonds. The Morgan fingerprint density at radius 3 is 2.27 bits per heavy atom. The Hall–Kier alpha value is -3.12. The van der Waals surface area contributed by atoms with Crippen LogP contribution in [0.1, 0.15) is 10.4 Å². The number of halogens is 3. The lowest BCUT2D eigenvalue weighted by Crippen LogP contribution is -2.17. The second-order valence-electron chi connectivity index (χ2n) is 6.02. The SMILES string of the molecule is CS(=O)(=O)Nc1ccc(-c2csc(NC(=O)c3ccc(OC(F)(F)F)cc3)n2)cc1. The number of amides is 1. The summed E-state index contributed by atoms with van der Waals surface area (Å²) in [6.07, 6.45) is -3.76. The summed E-state index contributed by atoms with van der Waals surface area (Å²) < 4.78 is 65.2. The molecule has 0 radical (unpaired) electrons. The van der Waals surface area contributed by atoms with E-state index in [9.17, 15) is 26.4 Å². The summed E-state index contributed by atoms with van der Waals surface area (Å²) in [7, 11) is -3.38. The van der Waals surface area contributed by atoms with Crippen molar-refractivity contribution in [2.75, 3.05) is 16.3 Å². The van der Waals surface area contributed by atoms with Crippen LogP contribution in [0.25, 0.3) is 11.3 Å². The number of nitrogens with zero attached hydrogens (tertiary/aromatic N) is 1. The van der Waals surface area contributed by atoms with Crippen LogP contribution in [-0.4, -0.2) is 31.9 Å². The van der Waals surface area contributed by atoms with Gasteiger partial charge >= 0.3 is 6.36 Å². The van der Waals surface area contributed by atoms with E-state index in [-0.39, 0.29) is 5.56 Å². The van der Waals surface area contributed by atoms with Crippen LogP contribution >= 0.6 is 11.3 Å². The van der Waals surface area contributed by atoms with E-state index in [0.29, 0.717) is 22.1 Å². The van der Waals surface area contributed by atoms with Gasteiger partial charge in [-0.3, -0.25) is 14.8 Å².